The average Bonchev–Trinajstić information content (AvgIpc) is 2.85. The molecule has 2 atom stereocenters. The zero-order valence-corrected chi connectivity index (χ0v) is 12.5. The summed E-state index contributed by atoms with van der Waals surface area (Å²) in [7, 11) is -2.93. The normalized spacial score (nSPS) is 23.7. The minimum atomic E-state index is -2.93. The number of rotatable bonds is 5. The second-order valence-corrected chi connectivity index (χ2v) is 7.72. The molecule has 0 saturated heterocycles. The van der Waals surface area contributed by atoms with Gasteiger partial charge in [-0.1, -0.05) is 37.6 Å². The summed E-state index contributed by atoms with van der Waals surface area (Å²) >= 11 is 0. The molecule has 1 fully saturated rings. The predicted octanol–water partition coefficient (Wildman–Crippen LogP) is 2.30. The highest BCUT2D eigenvalue weighted by molar-refractivity contribution is 7.91. The number of nitrogens with one attached hydrogen (secondary N) is 1. The molecule has 0 aliphatic heterocycles. The Morgan fingerprint density at radius 3 is 2.37 bits per heavy atom. The molecule has 2 unspecified atom stereocenters. The van der Waals surface area contributed by atoms with Gasteiger partial charge in [-0.25, -0.2) is 8.42 Å². The van der Waals surface area contributed by atoms with Gasteiger partial charge in [-0.05, 0) is 30.4 Å². The highest BCUT2D eigenvalue weighted by Gasteiger charge is 2.34. The lowest BCUT2D eigenvalue weighted by atomic mass is 10.1. The van der Waals surface area contributed by atoms with Gasteiger partial charge in [0.25, 0.3) is 0 Å². The van der Waals surface area contributed by atoms with E-state index in [4.69, 9.17) is 0 Å². The summed E-state index contributed by atoms with van der Waals surface area (Å²) in [6.45, 7) is 2.89. The van der Waals surface area contributed by atoms with Gasteiger partial charge in [0.05, 0.1) is 5.25 Å². The van der Waals surface area contributed by atoms with Crippen LogP contribution in [0.3, 0.4) is 0 Å². The van der Waals surface area contributed by atoms with Gasteiger partial charge >= 0.3 is 0 Å². The van der Waals surface area contributed by atoms with E-state index in [0.29, 0.717) is 0 Å². The van der Waals surface area contributed by atoms with E-state index in [1.54, 1.807) is 0 Å². The molecule has 0 aromatic heterocycles. The summed E-state index contributed by atoms with van der Waals surface area (Å²) in [5, 5.41) is 3.21. The maximum absolute atomic E-state index is 11.7. The Kier molecular flexibility index (Phi) is 4.63. The first-order valence-corrected chi connectivity index (χ1v) is 8.96. The van der Waals surface area contributed by atoms with Gasteiger partial charge in [0.1, 0.15) is 0 Å². The first-order chi connectivity index (χ1) is 9.00. The molecule has 4 heteroatoms. The van der Waals surface area contributed by atoms with E-state index in [1.165, 1.54) is 17.4 Å². The summed E-state index contributed by atoms with van der Waals surface area (Å²) in [5.74, 6) is 0. The van der Waals surface area contributed by atoms with Crippen molar-refractivity contribution < 1.29 is 8.42 Å². The molecular weight excluding hydrogens is 258 g/mol. The first-order valence-electron chi connectivity index (χ1n) is 7.00. The zero-order chi connectivity index (χ0) is 13.9. The predicted molar refractivity (Wildman–Crippen MR) is 78.9 cm³/mol. The Balaban J connectivity index is 1.94. The van der Waals surface area contributed by atoms with Gasteiger partial charge in [-0.2, -0.15) is 0 Å². The minimum absolute atomic E-state index is 0.112. The van der Waals surface area contributed by atoms with E-state index >= 15 is 0 Å². The smallest absolute Gasteiger partial charge is 0.151 e. The van der Waals surface area contributed by atoms with Crippen LogP contribution in [0.15, 0.2) is 24.3 Å². The molecule has 0 amide bonds. The lowest BCUT2D eigenvalue weighted by molar-refractivity contribution is 0.507. The van der Waals surface area contributed by atoms with Gasteiger partial charge < -0.3 is 5.32 Å². The number of benzene rings is 1. The van der Waals surface area contributed by atoms with Gasteiger partial charge in [-0.3, -0.25) is 0 Å². The van der Waals surface area contributed by atoms with E-state index in [9.17, 15) is 8.42 Å². The number of hydrogen-bond donors (Lipinski definition) is 1. The van der Waals surface area contributed by atoms with Crippen LogP contribution >= 0.6 is 0 Å². The van der Waals surface area contributed by atoms with E-state index < -0.39 is 9.84 Å². The molecule has 1 aromatic rings. The number of aryl methyl sites for hydroxylation is 1. The van der Waals surface area contributed by atoms with Crippen molar-refractivity contribution in [3.8, 4) is 0 Å². The van der Waals surface area contributed by atoms with Gasteiger partial charge in [0.2, 0.25) is 0 Å². The van der Waals surface area contributed by atoms with Gasteiger partial charge in [0.15, 0.2) is 9.84 Å². The fourth-order valence-corrected chi connectivity index (χ4v) is 4.24. The molecule has 0 radical (unpaired) electrons. The quantitative estimate of drug-likeness (QED) is 0.901. The molecule has 1 N–H and O–H groups in total. The van der Waals surface area contributed by atoms with Crippen LogP contribution in [0.25, 0.3) is 0 Å². The molecule has 106 valence electrons. The average molecular weight is 281 g/mol. The Hall–Kier alpha value is -0.870. The summed E-state index contributed by atoms with van der Waals surface area (Å²) in [6.07, 6.45) is 5.17. The van der Waals surface area contributed by atoms with Gasteiger partial charge in [-0.15, -0.1) is 0 Å². The third-order valence-electron chi connectivity index (χ3n) is 4.00. The third-order valence-corrected chi connectivity index (χ3v) is 5.67. The molecule has 0 bridgehead atoms. The molecule has 2 rings (SSSR count). The molecule has 1 aliphatic rings. The SMILES string of the molecule is CCc1ccc(CNC2CCCC2S(C)(=O)=O)cc1. The minimum Gasteiger partial charge on any atom is -0.309 e. The maximum Gasteiger partial charge on any atom is 0.151 e. The summed E-state index contributed by atoms with van der Waals surface area (Å²) in [6, 6.07) is 8.63. The zero-order valence-electron chi connectivity index (χ0n) is 11.7. The van der Waals surface area contributed by atoms with E-state index in [0.717, 1.165) is 32.2 Å². The second kappa shape index (κ2) is 6.06. The van der Waals surface area contributed by atoms with Crippen molar-refractivity contribution in [3.05, 3.63) is 35.4 Å². The van der Waals surface area contributed by atoms with Crippen LogP contribution in [0.5, 0.6) is 0 Å². The summed E-state index contributed by atoms with van der Waals surface area (Å²) in [5.41, 5.74) is 2.55. The molecule has 0 spiro atoms. The fraction of sp³-hybridized carbons (Fsp3) is 0.600. The van der Waals surface area contributed by atoms with Crippen molar-refractivity contribution in [2.45, 2.75) is 50.4 Å². The molecule has 19 heavy (non-hydrogen) atoms. The monoisotopic (exact) mass is 281 g/mol. The third kappa shape index (κ3) is 3.80. The molecule has 3 nitrogen and oxygen atoms in total. The van der Waals surface area contributed by atoms with E-state index in [1.807, 2.05) is 0 Å². The Bertz CT molecular complexity index is 507. The lowest BCUT2D eigenvalue weighted by Crippen LogP contribution is -2.39. The van der Waals surface area contributed by atoms with Crippen LogP contribution < -0.4 is 5.32 Å². The summed E-state index contributed by atoms with van der Waals surface area (Å²) in [4.78, 5) is 0. The van der Waals surface area contributed by atoms with Crippen LogP contribution in [0.2, 0.25) is 0 Å². The van der Waals surface area contributed by atoms with E-state index in [2.05, 4.69) is 36.5 Å². The highest BCUT2D eigenvalue weighted by Crippen LogP contribution is 2.25. The van der Waals surface area contributed by atoms with Crippen molar-refractivity contribution in [2.24, 2.45) is 0 Å². The van der Waals surface area contributed by atoms with Crippen LogP contribution in [-0.4, -0.2) is 26.0 Å². The van der Waals surface area contributed by atoms with Crippen molar-refractivity contribution in [1.29, 1.82) is 0 Å². The summed E-state index contributed by atoms with van der Waals surface area (Å²) < 4.78 is 23.4. The number of hydrogen-bond acceptors (Lipinski definition) is 3. The topological polar surface area (TPSA) is 46.2 Å². The molecule has 0 heterocycles. The van der Waals surface area contributed by atoms with Crippen molar-refractivity contribution in [3.63, 3.8) is 0 Å². The maximum atomic E-state index is 11.7. The standard InChI is InChI=1S/C15H23NO2S/c1-3-12-7-9-13(10-8-12)11-16-14-5-4-6-15(14)19(2,17)18/h7-10,14-16H,3-6,11H2,1-2H3. The van der Waals surface area contributed by atoms with Gasteiger partial charge in [0, 0.05) is 18.8 Å². The van der Waals surface area contributed by atoms with Crippen LogP contribution in [-0.2, 0) is 22.8 Å². The van der Waals surface area contributed by atoms with E-state index in [-0.39, 0.29) is 11.3 Å². The highest BCUT2D eigenvalue weighted by atomic mass is 32.2. The lowest BCUT2D eigenvalue weighted by Gasteiger charge is -2.19. The van der Waals surface area contributed by atoms with Crippen molar-refractivity contribution in [1.82, 2.24) is 5.32 Å². The molecule has 1 aromatic carbocycles. The van der Waals surface area contributed by atoms with Crippen LogP contribution in [0, 0.1) is 0 Å². The Morgan fingerprint density at radius 1 is 1.16 bits per heavy atom. The first kappa shape index (κ1) is 14.5. The second-order valence-electron chi connectivity index (χ2n) is 5.46. The van der Waals surface area contributed by atoms with Crippen molar-refractivity contribution in [2.75, 3.05) is 6.26 Å². The number of sulfone groups is 1. The largest absolute Gasteiger partial charge is 0.309 e. The van der Waals surface area contributed by atoms with Crippen LogP contribution in [0.1, 0.15) is 37.3 Å². The van der Waals surface area contributed by atoms with Crippen LogP contribution in [0.4, 0.5) is 0 Å². The Morgan fingerprint density at radius 2 is 1.79 bits per heavy atom. The Labute approximate surface area is 116 Å². The molecule has 1 aliphatic carbocycles. The van der Waals surface area contributed by atoms with Crippen molar-refractivity contribution >= 4 is 9.84 Å². The molecule has 1 saturated carbocycles. The fourth-order valence-electron chi connectivity index (χ4n) is 2.81. The molecular formula is C15H23NO2S.